The molecule has 0 aliphatic carbocycles. The molecule has 0 radical (unpaired) electrons. The third kappa shape index (κ3) is 5.16. The van der Waals surface area contributed by atoms with Crippen LogP contribution in [0.1, 0.15) is 18.4 Å². The fraction of sp³-hybridized carbons (Fsp3) is 0.368. The molecular formula is C19H23N5O3. The molecule has 2 N–H and O–H groups in total. The Morgan fingerprint density at radius 3 is 2.74 bits per heavy atom. The molecule has 0 saturated carbocycles. The highest BCUT2D eigenvalue weighted by Gasteiger charge is 2.26. The van der Waals surface area contributed by atoms with Crippen molar-refractivity contribution in [2.24, 2.45) is 5.92 Å². The van der Waals surface area contributed by atoms with Crippen LogP contribution in [0.15, 0.2) is 42.9 Å². The number of carbonyl (C=O) groups excluding carboxylic acids is 2. The lowest BCUT2D eigenvalue weighted by Gasteiger charge is -2.32. The van der Waals surface area contributed by atoms with Crippen LogP contribution >= 0.6 is 0 Å². The monoisotopic (exact) mass is 369 g/mol. The molecule has 1 aliphatic heterocycles. The van der Waals surface area contributed by atoms with Crippen molar-refractivity contribution < 1.29 is 14.3 Å². The first-order valence-corrected chi connectivity index (χ1v) is 8.88. The molecule has 2 amide bonds. The first-order chi connectivity index (χ1) is 13.2. The lowest BCUT2D eigenvalue weighted by molar-refractivity contribution is -0.131. The summed E-state index contributed by atoms with van der Waals surface area (Å²) in [7, 11) is 1.59. The topological polar surface area (TPSA) is 96.5 Å². The number of anilines is 1. The van der Waals surface area contributed by atoms with Crippen molar-refractivity contribution in [2.45, 2.75) is 19.3 Å². The number of piperidine rings is 1. The number of amides is 2. The Kier molecular flexibility index (Phi) is 6.19. The van der Waals surface area contributed by atoms with E-state index in [-0.39, 0.29) is 24.2 Å². The lowest BCUT2D eigenvalue weighted by atomic mass is 9.97. The van der Waals surface area contributed by atoms with Crippen molar-refractivity contribution >= 4 is 17.6 Å². The maximum atomic E-state index is 12.4. The van der Waals surface area contributed by atoms with Crippen molar-refractivity contribution in [3.63, 3.8) is 0 Å². The highest BCUT2D eigenvalue weighted by atomic mass is 16.5. The van der Waals surface area contributed by atoms with Crippen LogP contribution in [0.25, 0.3) is 0 Å². The van der Waals surface area contributed by atoms with E-state index in [1.807, 2.05) is 17.0 Å². The minimum Gasteiger partial charge on any atom is -0.497 e. The number of carbonyl (C=O) groups is 2. The Bertz CT molecular complexity index is 767. The third-order valence-corrected chi connectivity index (χ3v) is 4.51. The first-order valence-electron chi connectivity index (χ1n) is 8.88. The summed E-state index contributed by atoms with van der Waals surface area (Å²) in [6.45, 7) is 1.39. The van der Waals surface area contributed by atoms with Crippen LogP contribution in [0, 0.1) is 5.92 Å². The van der Waals surface area contributed by atoms with E-state index in [0.29, 0.717) is 6.54 Å². The van der Waals surface area contributed by atoms with Crippen molar-refractivity contribution in [3.05, 3.63) is 48.4 Å². The fourth-order valence-electron chi connectivity index (χ4n) is 3.06. The average molecular weight is 369 g/mol. The van der Waals surface area contributed by atoms with Crippen molar-refractivity contribution in [1.82, 2.24) is 20.8 Å². The second kappa shape index (κ2) is 8.98. The third-order valence-electron chi connectivity index (χ3n) is 4.51. The van der Waals surface area contributed by atoms with Crippen LogP contribution in [0.2, 0.25) is 0 Å². The number of nitrogens with one attached hydrogen (secondary N) is 2. The van der Waals surface area contributed by atoms with Gasteiger partial charge in [0.2, 0.25) is 11.8 Å². The van der Waals surface area contributed by atoms with Gasteiger partial charge in [-0.3, -0.25) is 25.4 Å². The van der Waals surface area contributed by atoms with Crippen molar-refractivity contribution in [3.8, 4) is 5.75 Å². The second-order valence-corrected chi connectivity index (χ2v) is 6.41. The molecule has 0 bridgehead atoms. The summed E-state index contributed by atoms with van der Waals surface area (Å²) in [5.74, 6) is 0.833. The predicted octanol–water partition coefficient (Wildman–Crippen LogP) is 1.09. The number of aromatic nitrogens is 2. The zero-order valence-electron chi connectivity index (χ0n) is 15.2. The van der Waals surface area contributed by atoms with Crippen LogP contribution < -0.4 is 20.5 Å². The molecule has 3 rings (SSSR count). The van der Waals surface area contributed by atoms with Gasteiger partial charge in [-0.05, 0) is 30.5 Å². The molecule has 2 aromatic rings. The minimum absolute atomic E-state index is 0.181. The van der Waals surface area contributed by atoms with Gasteiger partial charge in [-0.15, -0.1) is 0 Å². The summed E-state index contributed by atoms with van der Waals surface area (Å²) in [5.41, 5.74) is 5.88. The van der Waals surface area contributed by atoms with Crippen molar-refractivity contribution in [2.75, 3.05) is 25.1 Å². The molecule has 1 atom stereocenters. The smallest absolute Gasteiger partial charge is 0.243 e. The summed E-state index contributed by atoms with van der Waals surface area (Å²) in [4.78, 5) is 34.9. The van der Waals surface area contributed by atoms with E-state index in [1.54, 1.807) is 37.8 Å². The number of rotatable bonds is 5. The summed E-state index contributed by atoms with van der Waals surface area (Å²) < 4.78 is 5.09. The number of benzene rings is 1. The molecule has 142 valence electrons. The number of hydrogen-bond acceptors (Lipinski definition) is 6. The summed E-state index contributed by atoms with van der Waals surface area (Å²) in [5, 5.41) is 0. The molecule has 1 fully saturated rings. The van der Waals surface area contributed by atoms with Crippen LogP contribution in [0.4, 0.5) is 5.82 Å². The zero-order chi connectivity index (χ0) is 19.1. The normalized spacial score (nSPS) is 16.5. The summed E-state index contributed by atoms with van der Waals surface area (Å²) in [6, 6.07) is 7.23. The predicted molar refractivity (Wildman–Crippen MR) is 100.0 cm³/mol. The van der Waals surface area contributed by atoms with Gasteiger partial charge in [0.25, 0.3) is 0 Å². The van der Waals surface area contributed by atoms with Crippen LogP contribution in [0.3, 0.4) is 0 Å². The van der Waals surface area contributed by atoms with Gasteiger partial charge in [0.1, 0.15) is 11.6 Å². The lowest BCUT2D eigenvalue weighted by Crippen LogP contribution is -2.49. The standard InChI is InChI=1S/C19H23N5O3/c1-27-16-6-4-14(5-7-16)11-18(25)22-23-19(26)15-3-2-10-24(13-15)17-12-20-8-9-21-17/h4-9,12,15H,2-3,10-11,13H2,1H3,(H,22,25)(H,23,26)/t15-/m0/s1. The molecule has 1 aromatic carbocycles. The van der Waals surface area contributed by atoms with E-state index in [2.05, 4.69) is 20.8 Å². The highest BCUT2D eigenvalue weighted by Crippen LogP contribution is 2.20. The Labute approximate surface area is 157 Å². The molecule has 27 heavy (non-hydrogen) atoms. The van der Waals surface area contributed by atoms with E-state index in [9.17, 15) is 9.59 Å². The molecule has 1 saturated heterocycles. The van der Waals surface area contributed by atoms with Gasteiger partial charge in [-0.25, -0.2) is 4.98 Å². The van der Waals surface area contributed by atoms with Gasteiger partial charge in [-0.1, -0.05) is 12.1 Å². The average Bonchev–Trinajstić information content (AvgIpc) is 2.73. The van der Waals surface area contributed by atoms with E-state index >= 15 is 0 Å². The van der Waals surface area contributed by atoms with Gasteiger partial charge in [0, 0.05) is 25.5 Å². The number of nitrogens with zero attached hydrogens (tertiary/aromatic N) is 3. The summed E-state index contributed by atoms with van der Waals surface area (Å²) in [6.07, 6.45) is 6.79. The number of hydrazine groups is 1. The Morgan fingerprint density at radius 1 is 1.22 bits per heavy atom. The summed E-state index contributed by atoms with van der Waals surface area (Å²) >= 11 is 0. The Balaban J connectivity index is 1.47. The van der Waals surface area contributed by atoms with Gasteiger partial charge in [-0.2, -0.15) is 0 Å². The SMILES string of the molecule is COc1ccc(CC(=O)NNC(=O)[C@H]2CCCN(c3cnccn3)C2)cc1. The number of ether oxygens (including phenoxy) is 1. The van der Waals surface area contributed by atoms with Gasteiger partial charge < -0.3 is 9.64 Å². The molecule has 8 heteroatoms. The molecule has 8 nitrogen and oxygen atoms in total. The maximum Gasteiger partial charge on any atom is 0.243 e. The second-order valence-electron chi connectivity index (χ2n) is 6.41. The van der Waals surface area contributed by atoms with E-state index < -0.39 is 0 Å². The molecule has 0 unspecified atom stereocenters. The first kappa shape index (κ1) is 18.6. The number of hydrogen-bond donors (Lipinski definition) is 2. The zero-order valence-corrected chi connectivity index (χ0v) is 15.2. The molecule has 1 aromatic heterocycles. The molecule has 1 aliphatic rings. The number of methoxy groups -OCH3 is 1. The largest absolute Gasteiger partial charge is 0.497 e. The van der Waals surface area contributed by atoms with E-state index in [1.165, 1.54) is 0 Å². The van der Waals surface area contributed by atoms with Gasteiger partial charge >= 0.3 is 0 Å². The molecular weight excluding hydrogens is 346 g/mol. The Morgan fingerprint density at radius 2 is 2.04 bits per heavy atom. The fourth-order valence-corrected chi connectivity index (χ4v) is 3.06. The van der Waals surface area contributed by atoms with Crippen LogP contribution in [-0.4, -0.2) is 42.0 Å². The van der Waals surface area contributed by atoms with Gasteiger partial charge in [0.05, 0.1) is 25.6 Å². The molecule has 2 heterocycles. The van der Waals surface area contributed by atoms with E-state index in [4.69, 9.17) is 4.74 Å². The molecule has 0 spiro atoms. The van der Waals surface area contributed by atoms with Crippen LogP contribution in [0.5, 0.6) is 5.75 Å². The Hall–Kier alpha value is -3.16. The maximum absolute atomic E-state index is 12.4. The van der Waals surface area contributed by atoms with Gasteiger partial charge in [0.15, 0.2) is 0 Å². The van der Waals surface area contributed by atoms with E-state index in [0.717, 1.165) is 36.5 Å². The highest BCUT2D eigenvalue weighted by molar-refractivity contribution is 5.84. The quantitative estimate of drug-likeness (QED) is 0.766. The van der Waals surface area contributed by atoms with Crippen LogP contribution in [-0.2, 0) is 16.0 Å². The minimum atomic E-state index is -0.268. The van der Waals surface area contributed by atoms with Crippen molar-refractivity contribution in [1.29, 1.82) is 0 Å².